The summed E-state index contributed by atoms with van der Waals surface area (Å²) in [4.78, 5) is 12.8. The molecule has 3 N–H and O–H groups in total. The lowest BCUT2D eigenvalue weighted by atomic mass is 9.73. The number of hydrogen-bond donors (Lipinski definition) is 2. The van der Waals surface area contributed by atoms with Crippen molar-refractivity contribution < 1.29 is 4.79 Å². The van der Waals surface area contributed by atoms with Crippen LogP contribution in [-0.2, 0) is 4.79 Å². The zero-order chi connectivity index (χ0) is 15.6. The number of carbonyl (C=O) groups excluding carboxylic acids is 1. The Bertz CT molecular complexity index is 513. The number of aryl methyl sites for hydroxylation is 1. The molecule has 1 aliphatic carbocycles. The first-order valence-electron chi connectivity index (χ1n) is 7.98. The Balaban J connectivity index is 2.23. The van der Waals surface area contributed by atoms with Crippen LogP contribution in [0.3, 0.4) is 0 Å². The second kappa shape index (κ2) is 6.18. The molecule has 1 fully saturated rings. The smallest absolute Gasteiger partial charge is 0.231 e. The van der Waals surface area contributed by atoms with Gasteiger partial charge >= 0.3 is 0 Å². The van der Waals surface area contributed by atoms with Gasteiger partial charge in [0.2, 0.25) is 5.91 Å². The van der Waals surface area contributed by atoms with E-state index in [-0.39, 0.29) is 11.9 Å². The van der Waals surface area contributed by atoms with E-state index >= 15 is 0 Å². The van der Waals surface area contributed by atoms with Crippen molar-refractivity contribution in [3.8, 4) is 0 Å². The molecule has 1 amide bonds. The van der Waals surface area contributed by atoms with Gasteiger partial charge < -0.3 is 11.1 Å². The average Bonchev–Trinajstić information content (AvgIpc) is 2.76. The Morgan fingerprint density at radius 2 is 1.95 bits per heavy atom. The predicted molar refractivity (Wildman–Crippen MR) is 85.3 cm³/mol. The molecule has 0 atom stereocenters. The maximum atomic E-state index is 12.8. The molecule has 1 aliphatic rings. The van der Waals surface area contributed by atoms with E-state index in [2.05, 4.69) is 24.3 Å². The normalized spacial score (nSPS) is 18.0. The third-order valence-electron chi connectivity index (χ3n) is 4.74. The number of nitrogens with one attached hydrogen (secondary N) is 1. The van der Waals surface area contributed by atoms with Gasteiger partial charge in [-0.25, -0.2) is 0 Å². The monoisotopic (exact) mass is 292 g/mol. The first-order valence-corrected chi connectivity index (χ1v) is 7.98. The fraction of sp³-hybridized carbons (Fsp3) is 0.750. The summed E-state index contributed by atoms with van der Waals surface area (Å²) in [6.45, 7) is 8.55. The predicted octanol–water partition coefficient (Wildman–Crippen LogP) is 2.93. The number of carbonyl (C=O) groups is 1. The van der Waals surface area contributed by atoms with Crippen LogP contribution in [0.15, 0.2) is 0 Å². The van der Waals surface area contributed by atoms with E-state index in [1.165, 1.54) is 6.42 Å². The molecule has 1 heterocycles. The first kappa shape index (κ1) is 16.0. The quantitative estimate of drug-likeness (QED) is 0.896. The van der Waals surface area contributed by atoms with Crippen molar-refractivity contribution in [2.24, 2.45) is 11.1 Å². The molecule has 1 saturated carbocycles. The van der Waals surface area contributed by atoms with Crippen LogP contribution in [0, 0.1) is 19.3 Å². The van der Waals surface area contributed by atoms with Crippen LogP contribution in [0.5, 0.6) is 0 Å². The van der Waals surface area contributed by atoms with Crippen molar-refractivity contribution in [1.29, 1.82) is 0 Å². The van der Waals surface area contributed by atoms with E-state index < -0.39 is 5.41 Å². The minimum Gasteiger partial charge on any atom is -0.329 e. The first-order chi connectivity index (χ1) is 9.91. The van der Waals surface area contributed by atoms with Crippen molar-refractivity contribution in [1.82, 2.24) is 9.78 Å². The second-order valence-corrected chi connectivity index (χ2v) is 6.58. The summed E-state index contributed by atoms with van der Waals surface area (Å²) in [5.74, 6) is 0.0687. The Labute approximate surface area is 127 Å². The number of hydrogen-bond acceptors (Lipinski definition) is 3. The maximum absolute atomic E-state index is 12.8. The van der Waals surface area contributed by atoms with Crippen LogP contribution in [0.4, 0.5) is 5.69 Å². The molecule has 5 heteroatoms. The minimum atomic E-state index is -0.392. The molecule has 1 aromatic heterocycles. The molecule has 0 bridgehead atoms. The Hall–Kier alpha value is -1.36. The van der Waals surface area contributed by atoms with Gasteiger partial charge in [-0.05, 0) is 40.5 Å². The van der Waals surface area contributed by atoms with E-state index in [0.717, 1.165) is 42.8 Å². The van der Waals surface area contributed by atoms with Gasteiger partial charge in [-0.3, -0.25) is 9.48 Å². The molecule has 0 aromatic carbocycles. The van der Waals surface area contributed by atoms with Crippen molar-refractivity contribution in [3.05, 3.63) is 11.4 Å². The van der Waals surface area contributed by atoms with E-state index in [9.17, 15) is 4.79 Å². The summed E-state index contributed by atoms with van der Waals surface area (Å²) in [5.41, 5.74) is 8.29. The highest BCUT2D eigenvalue weighted by Crippen LogP contribution is 2.37. The number of nitrogens with zero attached hydrogens (tertiary/aromatic N) is 2. The van der Waals surface area contributed by atoms with Crippen LogP contribution < -0.4 is 11.1 Å². The molecule has 0 unspecified atom stereocenters. The standard InChI is InChI=1S/C16H28N4O/c1-11(2)20-13(4)14(12(3)19-20)18-15(21)16(10-17)8-6-5-7-9-16/h11H,5-10,17H2,1-4H3,(H,18,21). The van der Waals surface area contributed by atoms with Gasteiger partial charge in [0.1, 0.15) is 0 Å². The maximum Gasteiger partial charge on any atom is 0.231 e. The summed E-state index contributed by atoms with van der Waals surface area (Å²) in [5, 5.41) is 7.64. The minimum absolute atomic E-state index is 0.0687. The van der Waals surface area contributed by atoms with E-state index in [1.807, 2.05) is 18.5 Å². The zero-order valence-electron chi connectivity index (χ0n) is 13.7. The number of anilines is 1. The van der Waals surface area contributed by atoms with Crippen LogP contribution in [-0.4, -0.2) is 22.2 Å². The number of amides is 1. The molecule has 118 valence electrons. The van der Waals surface area contributed by atoms with Gasteiger partial charge in [0.25, 0.3) is 0 Å². The van der Waals surface area contributed by atoms with Gasteiger partial charge in [-0.1, -0.05) is 19.3 Å². The molecule has 5 nitrogen and oxygen atoms in total. The van der Waals surface area contributed by atoms with Gasteiger partial charge in [0.05, 0.1) is 22.5 Å². The molecular weight excluding hydrogens is 264 g/mol. The molecule has 0 radical (unpaired) electrons. The Kier molecular flexibility index (Phi) is 4.71. The molecule has 0 aliphatic heterocycles. The van der Waals surface area contributed by atoms with Crippen molar-refractivity contribution in [3.63, 3.8) is 0 Å². The van der Waals surface area contributed by atoms with Gasteiger partial charge in [0, 0.05) is 12.6 Å². The lowest BCUT2D eigenvalue weighted by molar-refractivity contribution is -0.126. The number of nitrogens with two attached hydrogens (primary N) is 1. The van der Waals surface area contributed by atoms with Crippen molar-refractivity contribution in [2.75, 3.05) is 11.9 Å². The van der Waals surface area contributed by atoms with Crippen LogP contribution >= 0.6 is 0 Å². The Morgan fingerprint density at radius 3 is 2.43 bits per heavy atom. The van der Waals surface area contributed by atoms with Gasteiger partial charge in [0.15, 0.2) is 0 Å². The summed E-state index contributed by atoms with van der Waals surface area (Å²) >= 11 is 0. The SMILES string of the molecule is Cc1nn(C(C)C)c(C)c1NC(=O)C1(CN)CCCCC1. The second-order valence-electron chi connectivity index (χ2n) is 6.58. The Morgan fingerprint density at radius 1 is 1.33 bits per heavy atom. The van der Waals surface area contributed by atoms with Crippen LogP contribution in [0.25, 0.3) is 0 Å². The lowest BCUT2D eigenvalue weighted by Gasteiger charge is -2.34. The fourth-order valence-corrected chi connectivity index (χ4v) is 3.35. The van der Waals surface area contributed by atoms with Gasteiger partial charge in [-0.15, -0.1) is 0 Å². The highest BCUT2D eigenvalue weighted by Gasteiger charge is 2.38. The zero-order valence-corrected chi connectivity index (χ0v) is 13.7. The molecular formula is C16H28N4O. The molecule has 1 aromatic rings. The number of aromatic nitrogens is 2. The topological polar surface area (TPSA) is 72.9 Å². The van der Waals surface area contributed by atoms with E-state index in [0.29, 0.717) is 6.54 Å². The molecule has 2 rings (SSSR count). The number of rotatable bonds is 4. The largest absolute Gasteiger partial charge is 0.329 e. The average molecular weight is 292 g/mol. The highest BCUT2D eigenvalue weighted by atomic mass is 16.2. The van der Waals surface area contributed by atoms with Crippen molar-refractivity contribution in [2.45, 2.75) is 65.8 Å². The van der Waals surface area contributed by atoms with Gasteiger partial charge in [-0.2, -0.15) is 5.10 Å². The third kappa shape index (κ3) is 2.98. The highest BCUT2D eigenvalue weighted by molar-refractivity contribution is 5.96. The summed E-state index contributed by atoms with van der Waals surface area (Å²) in [6, 6.07) is 0.285. The summed E-state index contributed by atoms with van der Waals surface area (Å²) in [7, 11) is 0. The van der Waals surface area contributed by atoms with Crippen LogP contribution in [0.2, 0.25) is 0 Å². The third-order valence-corrected chi connectivity index (χ3v) is 4.74. The van der Waals surface area contributed by atoms with Crippen molar-refractivity contribution >= 4 is 11.6 Å². The fourth-order valence-electron chi connectivity index (χ4n) is 3.35. The van der Waals surface area contributed by atoms with Crippen LogP contribution in [0.1, 0.15) is 63.4 Å². The molecule has 0 saturated heterocycles. The lowest BCUT2D eigenvalue weighted by Crippen LogP contribution is -2.44. The van der Waals surface area contributed by atoms with E-state index in [1.54, 1.807) is 0 Å². The molecule has 0 spiro atoms. The summed E-state index contributed by atoms with van der Waals surface area (Å²) in [6.07, 6.45) is 5.18. The van der Waals surface area contributed by atoms with E-state index in [4.69, 9.17) is 5.73 Å². The summed E-state index contributed by atoms with van der Waals surface area (Å²) < 4.78 is 1.96. The molecule has 21 heavy (non-hydrogen) atoms.